The first kappa shape index (κ1) is 23.3. The Morgan fingerprint density at radius 2 is 1.85 bits per heavy atom. The molecule has 1 aliphatic rings. The first-order valence-corrected chi connectivity index (χ1v) is 12.4. The standard InChI is InChI=1S/C25H31N5O2S/c1-4-29-11-13-30(14-12-29)23-18(2)19(3)27-25(28-23)33-17-20-7-9-21(10-8-20)24(31)26-16-22-6-5-15-32-22/h5-10,15H,4,11-14,16-17H2,1-3H3,(H,26,31). The normalized spacial score (nSPS) is 14.5. The number of piperazine rings is 1. The van der Waals surface area contributed by atoms with E-state index in [1.807, 2.05) is 36.4 Å². The molecule has 0 bridgehead atoms. The van der Waals surface area contributed by atoms with Crippen LogP contribution in [0.5, 0.6) is 0 Å². The molecule has 0 unspecified atom stereocenters. The number of likely N-dealkylation sites (N-methyl/N-ethyl adjacent to an activating group) is 1. The lowest BCUT2D eigenvalue weighted by molar-refractivity contribution is 0.0948. The van der Waals surface area contributed by atoms with Crippen molar-refractivity contribution in [2.45, 2.75) is 38.2 Å². The zero-order valence-corrected chi connectivity index (χ0v) is 20.3. The molecule has 1 aromatic carbocycles. The summed E-state index contributed by atoms with van der Waals surface area (Å²) in [6.07, 6.45) is 1.60. The van der Waals surface area contributed by atoms with E-state index in [2.05, 4.69) is 35.9 Å². The molecule has 0 aliphatic carbocycles. The van der Waals surface area contributed by atoms with Crippen LogP contribution in [0.1, 0.15) is 39.9 Å². The average molecular weight is 466 g/mol. The Bertz CT molecular complexity index is 1060. The molecule has 8 heteroatoms. The number of benzene rings is 1. The number of aromatic nitrogens is 2. The van der Waals surface area contributed by atoms with Gasteiger partial charge in [0.1, 0.15) is 11.6 Å². The number of carbonyl (C=O) groups excluding carboxylic acids is 1. The third-order valence-corrected chi connectivity index (χ3v) is 6.97. The molecule has 1 saturated heterocycles. The lowest BCUT2D eigenvalue weighted by Crippen LogP contribution is -2.46. The van der Waals surface area contributed by atoms with Crippen molar-refractivity contribution in [2.24, 2.45) is 0 Å². The van der Waals surface area contributed by atoms with Crippen molar-refractivity contribution < 1.29 is 9.21 Å². The molecule has 0 spiro atoms. The number of nitrogens with zero attached hydrogens (tertiary/aromatic N) is 4. The first-order valence-electron chi connectivity index (χ1n) is 11.4. The Kier molecular flexibility index (Phi) is 7.67. The molecule has 0 atom stereocenters. The van der Waals surface area contributed by atoms with E-state index in [0.29, 0.717) is 12.1 Å². The number of anilines is 1. The fraction of sp³-hybridized carbons (Fsp3) is 0.400. The first-order chi connectivity index (χ1) is 16.0. The number of carbonyl (C=O) groups is 1. The Balaban J connectivity index is 1.35. The zero-order chi connectivity index (χ0) is 23.2. The summed E-state index contributed by atoms with van der Waals surface area (Å²) in [5, 5.41) is 3.67. The highest BCUT2D eigenvalue weighted by Crippen LogP contribution is 2.27. The van der Waals surface area contributed by atoms with Crippen LogP contribution in [-0.2, 0) is 12.3 Å². The molecule has 3 heterocycles. The van der Waals surface area contributed by atoms with Crippen LogP contribution in [0.3, 0.4) is 0 Å². The number of aryl methyl sites for hydroxylation is 1. The van der Waals surface area contributed by atoms with E-state index in [9.17, 15) is 4.79 Å². The van der Waals surface area contributed by atoms with Crippen LogP contribution in [0.2, 0.25) is 0 Å². The minimum Gasteiger partial charge on any atom is -0.467 e. The van der Waals surface area contributed by atoms with Gasteiger partial charge in [0.2, 0.25) is 0 Å². The van der Waals surface area contributed by atoms with Crippen LogP contribution < -0.4 is 10.2 Å². The predicted octanol–water partition coefficient (Wildman–Crippen LogP) is 4.05. The van der Waals surface area contributed by atoms with Gasteiger partial charge in [0.05, 0.1) is 12.8 Å². The lowest BCUT2D eigenvalue weighted by atomic mass is 10.1. The summed E-state index contributed by atoms with van der Waals surface area (Å²) < 4.78 is 5.25. The summed E-state index contributed by atoms with van der Waals surface area (Å²) in [5.41, 5.74) is 3.95. The number of nitrogens with one attached hydrogen (secondary N) is 1. The topological polar surface area (TPSA) is 74.5 Å². The van der Waals surface area contributed by atoms with Crippen LogP contribution in [0.25, 0.3) is 0 Å². The van der Waals surface area contributed by atoms with E-state index in [0.717, 1.165) is 72.0 Å². The second-order valence-corrected chi connectivity index (χ2v) is 9.15. The summed E-state index contributed by atoms with van der Waals surface area (Å²) in [5.74, 6) is 2.43. The molecule has 33 heavy (non-hydrogen) atoms. The highest BCUT2D eigenvalue weighted by Gasteiger charge is 2.20. The van der Waals surface area contributed by atoms with Crippen molar-refractivity contribution in [2.75, 3.05) is 37.6 Å². The van der Waals surface area contributed by atoms with E-state index < -0.39 is 0 Å². The Hall–Kier alpha value is -2.84. The maximum atomic E-state index is 12.3. The molecule has 1 N–H and O–H groups in total. The SMILES string of the molecule is CCN1CCN(c2nc(SCc3ccc(C(=O)NCc4ccco4)cc3)nc(C)c2C)CC1. The predicted molar refractivity (Wildman–Crippen MR) is 132 cm³/mol. The molecule has 174 valence electrons. The Morgan fingerprint density at radius 1 is 1.09 bits per heavy atom. The van der Waals surface area contributed by atoms with Crippen molar-refractivity contribution in [1.29, 1.82) is 0 Å². The molecule has 0 radical (unpaired) electrons. The number of hydrogen-bond acceptors (Lipinski definition) is 7. The largest absolute Gasteiger partial charge is 0.467 e. The third-order valence-electron chi connectivity index (χ3n) is 6.05. The molecule has 2 aromatic heterocycles. The Morgan fingerprint density at radius 3 is 2.52 bits per heavy atom. The molecule has 7 nitrogen and oxygen atoms in total. The second kappa shape index (κ2) is 10.9. The van der Waals surface area contributed by atoms with Crippen molar-refractivity contribution in [1.82, 2.24) is 20.2 Å². The van der Waals surface area contributed by atoms with Crippen LogP contribution >= 0.6 is 11.8 Å². The van der Waals surface area contributed by atoms with E-state index in [4.69, 9.17) is 14.4 Å². The number of thioether (sulfide) groups is 1. The van der Waals surface area contributed by atoms with E-state index in [1.165, 1.54) is 0 Å². The molecular weight excluding hydrogens is 434 g/mol. The number of amides is 1. The van der Waals surface area contributed by atoms with Crippen LogP contribution in [-0.4, -0.2) is 53.5 Å². The highest BCUT2D eigenvalue weighted by molar-refractivity contribution is 7.98. The van der Waals surface area contributed by atoms with E-state index in [-0.39, 0.29) is 5.91 Å². The van der Waals surface area contributed by atoms with Crippen LogP contribution in [0.4, 0.5) is 5.82 Å². The molecule has 1 aliphatic heterocycles. The van der Waals surface area contributed by atoms with Gasteiger partial charge >= 0.3 is 0 Å². The average Bonchev–Trinajstić information content (AvgIpc) is 3.37. The van der Waals surface area contributed by atoms with Crippen molar-refractivity contribution in [3.63, 3.8) is 0 Å². The van der Waals surface area contributed by atoms with Crippen LogP contribution in [0.15, 0.2) is 52.2 Å². The van der Waals surface area contributed by atoms with Gasteiger partial charge < -0.3 is 19.5 Å². The summed E-state index contributed by atoms with van der Waals surface area (Å²) in [6, 6.07) is 11.3. The second-order valence-electron chi connectivity index (χ2n) is 8.21. The van der Waals surface area contributed by atoms with Gasteiger partial charge in [-0.05, 0) is 50.2 Å². The van der Waals surface area contributed by atoms with Gasteiger partial charge in [-0.1, -0.05) is 30.8 Å². The lowest BCUT2D eigenvalue weighted by Gasteiger charge is -2.35. The summed E-state index contributed by atoms with van der Waals surface area (Å²) in [6.45, 7) is 12.0. The summed E-state index contributed by atoms with van der Waals surface area (Å²) in [4.78, 5) is 26.8. The fourth-order valence-electron chi connectivity index (χ4n) is 3.82. The van der Waals surface area contributed by atoms with Gasteiger partial charge in [0.15, 0.2) is 5.16 Å². The van der Waals surface area contributed by atoms with Gasteiger partial charge in [-0.3, -0.25) is 4.79 Å². The van der Waals surface area contributed by atoms with Gasteiger partial charge in [-0.15, -0.1) is 0 Å². The number of hydrogen-bond donors (Lipinski definition) is 1. The van der Waals surface area contributed by atoms with Gasteiger partial charge in [0, 0.05) is 48.8 Å². The smallest absolute Gasteiger partial charge is 0.251 e. The maximum Gasteiger partial charge on any atom is 0.251 e. The Labute approximate surface area is 199 Å². The van der Waals surface area contributed by atoms with Gasteiger partial charge in [0.25, 0.3) is 5.91 Å². The van der Waals surface area contributed by atoms with Crippen molar-refractivity contribution in [3.05, 3.63) is 70.8 Å². The molecule has 1 amide bonds. The maximum absolute atomic E-state index is 12.3. The van der Waals surface area contributed by atoms with Gasteiger partial charge in [-0.25, -0.2) is 9.97 Å². The van der Waals surface area contributed by atoms with Crippen molar-refractivity contribution >= 4 is 23.5 Å². The summed E-state index contributed by atoms with van der Waals surface area (Å²) in [7, 11) is 0. The number of rotatable bonds is 8. The molecule has 1 fully saturated rings. The van der Waals surface area contributed by atoms with Gasteiger partial charge in [-0.2, -0.15) is 0 Å². The molecule has 3 aromatic rings. The minimum atomic E-state index is -0.115. The highest BCUT2D eigenvalue weighted by atomic mass is 32.2. The molecular formula is C25H31N5O2S. The van der Waals surface area contributed by atoms with E-state index in [1.54, 1.807) is 18.0 Å². The molecule has 4 rings (SSSR count). The zero-order valence-electron chi connectivity index (χ0n) is 19.5. The monoisotopic (exact) mass is 465 g/mol. The third kappa shape index (κ3) is 5.94. The number of furan rings is 1. The van der Waals surface area contributed by atoms with Crippen LogP contribution in [0, 0.1) is 13.8 Å². The fourth-order valence-corrected chi connectivity index (χ4v) is 4.66. The van der Waals surface area contributed by atoms with Crippen molar-refractivity contribution in [3.8, 4) is 0 Å². The summed E-state index contributed by atoms with van der Waals surface area (Å²) >= 11 is 1.63. The quantitative estimate of drug-likeness (QED) is 0.397. The molecule has 0 saturated carbocycles. The minimum absolute atomic E-state index is 0.115. The van der Waals surface area contributed by atoms with E-state index >= 15 is 0 Å².